The van der Waals surface area contributed by atoms with E-state index in [0.717, 1.165) is 17.8 Å². The van der Waals surface area contributed by atoms with E-state index in [1.807, 2.05) is 12.1 Å². The highest BCUT2D eigenvalue weighted by Gasteiger charge is 2.35. The minimum atomic E-state index is -0.424. The second kappa shape index (κ2) is 8.98. The largest absolute Gasteiger partial charge is 0.207 e. The molecule has 2 heteroatoms. The first kappa shape index (κ1) is 20.6. The Labute approximate surface area is 174 Å². The number of halogens is 2. The lowest BCUT2D eigenvalue weighted by molar-refractivity contribution is 0.114. The average molecular weight is 397 g/mol. The van der Waals surface area contributed by atoms with Gasteiger partial charge in [0, 0.05) is 10.9 Å². The minimum Gasteiger partial charge on any atom is -0.207 e. The highest BCUT2D eigenvalue weighted by Crippen LogP contribution is 2.48. The van der Waals surface area contributed by atoms with Crippen molar-refractivity contribution in [2.75, 3.05) is 0 Å². The van der Waals surface area contributed by atoms with Gasteiger partial charge >= 0.3 is 0 Å². The Morgan fingerprint density at radius 1 is 1.03 bits per heavy atom. The van der Waals surface area contributed by atoms with E-state index in [9.17, 15) is 8.78 Å². The third kappa shape index (κ3) is 4.27. The van der Waals surface area contributed by atoms with E-state index in [0.29, 0.717) is 29.5 Å². The smallest absolute Gasteiger partial charge is 0.137 e. The normalized spacial score (nSPS) is 27.0. The molecule has 0 aromatic heterocycles. The topological polar surface area (TPSA) is 0 Å². The summed E-state index contributed by atoms with van der Waals surface area (Å²) in [6.07, 6.45) is 13.3. The Balaban J connectivity index is 1.52. The van der Waals surface area contributed by atoms with Crippen molar-refractivity contribution in [1.29, 1.82) is 0 Å². The summed E-state index contributed by atoms with van der Waals surface area (Å²) in [6, 6.07) is 7.55. The maximum atomic E-state index is 14.9. The molecule has 4 rings (SSSR count). The lowest BCUT2D eigenvalue weighted by Gasteiger charge is -2.42. The molecule has 0 heterocycles. The molecule has 0 aliphatic heterocycles. The van der Waals surface area contributed by atoms with E-state index in [-0.39, 0.29) is 5.56 Å². The molecule has 156 valence electrons. The zero-order valence-electron chi connectivity index (χ0n) is 17.7. The van der Waals surface area contributed by atoms with Gasteiger partial charge in [0.15, 0.2) is 0 Å². The molecule has 2 aromatic rings. The van der Waals surface area contributed by atoms with Crippen LogP contribution in [-0.2, 0) is 6.42 Å². The first-order valence-corrected chi connectivity index (χ1v) is 11.6. The molecule has 0 bridgehead atoms. The van der Waals surface area contributed by atoms with E-state index < -0.39 is 11.6 Å². The van der Waals surface area contributed by atoms with E-state index in [1.165, 1.54) is 63.0 Å². The van der Waals surface area contributed by atoms with Crippen LogP contribution in [0.3, 0.4) is 0 Å². The Kier molecular flexibility index (Phi) is 6.37. The van der Waals surface area contributed by atoms with Crippen LogP contribution < -0.4 is 0 Å². The van der Waals surface area contributed by atoms with Crippen LogP contribution >= 0.6 is 0 Å². The monoisotopic (exact) mass is 396 g/mol. The predicted molar refractivity (Wildman–Crippen MR) is 118 cm³/mol. The van der Waals surface area contributed by atoms with Crippen LogP contribution in [0.4, 0.5) is 8.78 Å². The van der Waals surface area contributed by atoms with Gasteiger partial charge < -0.3 is 0 Å². The van der Waals surface area contributed by atoms with E-state index in [2.05, 4.69) is 19.6 Å². The van der Waals surface area contributed by atoms with Crippen molar-refractivity contribution in [3.8, 4) is 0 Å². The van der Waals surface area contributed by atoms with Gasteiger partial charge in [-0.2, -0.15) is 0 Å². The van der Waals surface area contributed by atoms with Gasteiger partial charge in [0.2, 0.25) is 0 Å². The van der Waals surface area contributed by atoms with Crippen molar-refractivity contribution in [3.63, 3.8) is 0 Å². The zero-order chi connectivity index (χ0) is 20.4. The zero-order valence-corrected chi connectivity index (χ0v) is 17.7. The maximum Gasteiger partial charge on any atom is 0.137 e. The molecule has 0 amide bonds. The number of rotatable bonds is 6. The van der Waals surface area contributed by atoms with E-state index in [4.69, 9.17) is 0 Å². The lowest BCUT2D eigenvalue weighted by atomic mass is 9.63. The second-order valence-electron chi connectivity index (χ2n) is 9.46. The SMILES string of the molecule is C=CCCc1c(F)cc2cc([C@@H]3CC[C@@H]4CC(CCC)CCC4C3)ccc2c1F. The van der Waals surface area contributed by atoms with Crippen molar-refractivity contribution in [3.05, 3.63) is 59.7 Å². The summed E-state index contributed by atoms with van der Waals surface area (Å²) in [4.78, 5) is 0. The van der Waals surface area contributed by atoms with Crippen LogP contribution in [0, 0.1) is 29.4 Å². The van der Waals surface area contributed by atoms with Gasteiger partial charge in [-0.25, -0.2) is 8.78 Å². The third-order valence-corrected chi connectivity index (χ3v) is 7.64. The Hall–Kier alpha value is -1.70. The standard InChI is InChI=1S/C27H34F2/c1-3-5-7-25-26(28)17-23-16-22(12-13-24(23)27(25)29)21-11-10-19-14-18(6-4-2)8-9-20(19)15-21/h3,12-13,16-21H,1,4-11,14-15H2,2H3/t18?,19-,20?,21-/m1/s1. The van der Waals surface area contributed by atoms with Gasteiger partial charge in [0.1, 0.15) is 11.6 Å². The molecule has 0 spiro atoms. The van der Waals surface area contributed by atoms with Crippen LogP contribution in [0.1, 0.15) is 81.8 Å². The van der Waals surface area contributed by atoms with Crippen molar-refractivity contribution >= 4 is 10.8 Å². The maximum absolute atomic E-state index is 14.9. The number of allylic oxidation sites excluding steroid dienone is 1. The molecule has 0 saturated heterocycles. The summed E-state index contributed by atoms with van der Waals surface area (Å²) >= 11 is 0. The van der Waals surface area contributed by atoms with Gasteiger partial charge in [-0.15, -0.1) is 6.58 Å². The summed E-state index contributed by atoms with van der Waals surface area (Å²) in [6.45, 7) is 5.96. The minimum absolute atomic E-state index is 0.189. The summed E-state index contributed by atoms with van der Waals surface area (Å²) in [5.74, 6) is 2.40. The molecule has 0 radical (unpaired) electrons. The molecule has 2 fully saturated rings. The molecular formula is C27H34F2. The fourth-order valence-electron chi connectivity index (χ4n) is 6.08. The predicted octanol–water partition coefficient (Wildman–Crippen LogP) is 8.34. The fourth-order valence-corrected chi connectivity index (χ4v) is 6.08. The van der Waals surface area contributed by atoms with E-state index in [1.54, 1.807) is 6.08 Å². The number of hydrogen-bond donors (Lipinski definition) is 0. The highest BCUT2D eigenvalue weighted by molar-refractivity contribution is 5.85. The van der Waals surface area contributed by atoms with Crippen LogP contribution in [-0.4, -0.2) is 0 Å². The number of benzene rings is 2. The summed E-state index contributed by atoms with van der Waals surface area (Å²) in [7, 11) is 0. The van der Waals surface area contributed by atoms with Gasteiger partial charge in [-0.05, 0) is 85.6 Å². The summed E-state index contributed by atoms with van der Waals surface area (Å²) < 4.78 is 29.4. The van der Waals surface area contributed by atoms with Crippen LogP contribution in [0.25, 0.3) is 10.8 Å². The molecular weight excluding hydrogens is 362 g/mol. The number of hydrogen-bond acceptors (Lipinski definition) is 0. The first-order chi connectivity index (χ1) is 14.1. The van der Waals surface area contributed by atoms with Crippen molar-refractivity contribution in [2.24, 2.45) is 17.8 Å². The molecule has 2 aromatic carbocycles. The average Bonchev–Trinajstić information content (AvgIpc) is 2.73. The van der Waals surface area contributed by atoms with Gasteiger partial charge in [0.05, 0.1) is 0 Å². The van der Waals surface area contributed by atoms with Crippen molar-refractivity contribution < 1.29 is 8.78 Å². The van der Waals surface area contributed by atoms with Gasteiger partial charge in [-0.3, -0.25) is 0 Å². The molecule has 0 nitrogen and oxygen atoms in total. The summed E-state index contributed by atoms with van der Waals surface area (Å²) in [5.41, 5.74) is 1.46. The fraction of sp³-hybridized carbons (Fsp3) is 0.556. The molecule has 29 heavy (non-hydrogen) atoms. The number of fused-ring (bicyclic) bond motifs is 2. The quantitative estimate of drug-likeness (QED) is 0.430. The van der Waals surface area contributed by atoms with Gasteiger partial charge in [0.25, 0.3) is 0 Å². The van der Waals surface area contributed by atoms with Crippen molar-refractivity contribution in [2.45, 2.75) is 77.0 Å². The van der Waals surface area contributed by atoms with E-state index >= 15 is 0 Å². The summed E-state index contributed by atoms with van der Waals surface area (Å²) in [5, 5.41) is 1.25. The Bertz CT molecular complexity index is 868. The van der Waals surface area contributed by atoms with Crippen LogP contribution in [0.15, 0.2) is 36.9 Å². The van der Waals surface area contributed by atoms with Crippen molar-refractivity contribution in [1.82, 2.24) is 0 Å². The molecule has 0 N–H and O–H groups in total. The molecule has 4 atom stereocenters. The lowest BCUT2D eigenvalue weighted by Crippen LogP contribution is -2.30. The van der Waals surface area contributed by atoms with Crippen LogP contribution in [0.5, 0.6) is 0 Å². The highest BCUT2D eigenvalue weighted by atomic mass is 19.1. The molecule has 2 aliphatic rings. The van der Waals surface area contributed by atoms with Gasteiger partial charge in [-0.1, -0.05) is 50.5 Å². The second-order valence-corrected chi connectivity index (χ2v) is 9.46. The molecule has 2 unspecified atom stereocenters. The Morgan fingerprint density at radius 3 is 2.62 bits per heavy atom. The van der Waals surface area contributed by atoms with Crippen LogP contribution in [0.2, 0.25) is 0 Å². The third-order valence-electron chi connectivity index (χ3n) is 7.64. The first-order valence-electron chi connectivity index (χ1n) is 11.6. The molecule has 2 aliphatic carbocycles. The Morgan fingerprint density at radius 2 is 1.83 bits per heavy atom. The molecule has 2 saturated carbocycles.